The molecule has 4 aromatic rings. The molecule has 3 N–H and O–H groups in total. The third-order valence-corrected chi connectivity index (χ3v) is 5.05. The number of nitrogens with one attached hydrogen (secondary N) is 3. The number of allylic oxidation sites excluding steroid dienone is 1. The van der Waals surface area contributed by atoms with Gasteiger partial charge < -0.3 is 15.7 Å². The van der Waals surface area contributed by atoms with Gasteiger partial charge in [-0.2, -0.15) is 0 Å². The maximum Gasteiger partial charge on any atom is 0.258 e. The third kappa shape index (κ3) is 4.74. The number of carbonyl (C=O) groups is 1. The molecular formula is C25H21FN6O. The number of amides is 1. The van der Waals surface area contributed by atoms with Gasteiger partial charge in [-0.15, -0.1) is 0 Å². The van der Waals surface area contributed by atoms with Crippen LogP contribution in [0.4, 0.5) is 10.2 Å². The smallest absolute Gasteiger partial charge is 0.258 e. The van der Waals surface area contributed by atoms with Gasteiger partial charge in [-0.05, 0) is 74.0 Å². The van der Waals surface area contributed by atoms with E-state index in [-0.39, 0.29) is 11.7 Å². The fourth-order valence-corrected chi connectivity index (χ4v) is 3.38. The van der Waals surface area contributed by atoms with E-state index in [1.807, 2.05) is 0 Å². The predicted molar refractivity (Wildman–Crippen MR) is 127 cm³/mol. The van der Waals surface area contributed by atoms with Gasteiger partial charge in [0.2, 0.25) is 0 Å². The van der Waals surface area contributed by atoms with Gasteiger partial charge in [0.15, 0.2) is 0 Å². The zero-order chi connectivity index (χ0) is 23.4. The number of anilines is 1. The van der Waals surface area contributed by atoms with Crippen molar-refractivity contribution in [2.24, 2.45) is 0 Å². The van der Waals surface area contributed by atoms with E-state index in [0.717, 1.165) is 17.3 Å². The zero-order valence-electron chi connectivity index (χ0n) is 18.1. The number of hydrogen-bond donors (Lipinski definition) is 3. The molecule has 0 saturated heterocycles. The van der Waals surface area contributed by atoms with Crippen LogP contribution in [-0.2, 0) is 0 Å². The summed E-state index contributed by atoms with van der Waals surface area (Å²) in [6, 6.07) is 11.7. The van der Waals surface area contributed by atoms with Gasteiger partial charge in [0, 0.05) is 35.4 Å². The molecular weight excluding hydrogens is 419 g/mol. The van der Waals surface area contributed by atoms with E-state index in [9.17, 15) is 9.18 Å². The summed E-state index contributed by atoms with van der Waals surface area (Å²) in [6.45, 7) is 3.46. The summed E-state index contributed by atoms with van der Waals surface area (Å²) >= 11 is 0. The lowest BCUT2D eigenvalue weighted by Gasteiger charge is -2.09. The number of aromatic nitrogens is 4. The first kappa shape index (κ1) is 21.8. The highest BCUT2D eigenvalue weighted by atomic mass is 19.1. The first-order valence-electron chi connectivity index (χ1n) is 10.2. The Labute approximate surface area is 190 Å². The minimum absolute atomic E-state index is 0.292. The van der Waals surface area contributed by atoms with Crippen LogP contribution in [0.15, 0.2) is 60.9 Å². The number of aryl methyl sites for hydroxylation is 2. The molecule has 4 rings (SSSR count). The van der Waals surface area contributed by atoms with Crippen molar-refractivity contribution in [2.45, 2.75) is 13.8 Å². The highest BCUT2D eigenvalue weighted by Gasteiger charge is 2.16. The van der Waals surface area contributed by atoms with Gasteiger partial charge in [-0.1, -0.05) is 0 Å². The van der Waals surface area contributed by atoms with Crippen molar-refractivity contribution < 1.29 is 9.18 Å². The Balaban J connectivity index is 1.74. The molecule has 33 heavy (non-hydrogen) atoms. The third-order valence-electron chi connectivity index (χ3n) is 5.05. The number of carbonyl (C=O) groups excluding carboxylic acids is 1. The topological polar surface area (TPSA) is 107 Å². The summed E-state index contributed by atoms with van der Waals surface area (Å²) in [7, 11) is 0. The number of pyridine rings is 2. The van der Waals surface area contributed by atoms with Crippen LogP contribution >= 0.6 is 0 Å². The summed E-state index contributed by atoms with van der Waals surface area (Å²) < 4.78 is 13.8. The largest absolute Gasteiger partial charge is 0.338 e. The van der Waals surface area contributed by atoms with Gasteiger partial charge in [0.25, 0.3) is 5.91 Å². The Morgan fingerprint density at radius 3 is 2.70 bits per heavy atom. The number of hydrogen-bond acceptors (Lipinski definition) is 5. The van der Waals surface area contributed by atoms with E-state index in [0.29, 0.717) is 39.9 Å². The molecule has 0 unspecified atom stereocenters. The van der Waals surface area contributed by atoms with Crippen LogP contribution < -0.4 is 5.32 Å². The lowest BCUT2D eigenvalue weighted by atomic mass is 10.0. The van der Waals surface area contributed by atoms with E-state index < -0.39 is 0 Å². The Hall–Kier alpha value is -4.46. The van der Waals surface area contributed by atoms with Crippen LogP contribution in [0, 0.1) is 25.1 Å². The number of halogens is 1. The van der Waals surface area contributed by atoms with Gasteiger partial charge in [-0.3, -0.25) is 9.78 Å². The number of rotatable bonds is 6. The van der Waals surface area contributed by atoms with Crippen LogP contribution in [0.5, 0.6) is 0 Å². The molecule has 3 aromatic heterocycles. The molecule has 8 heteroatoms. The number of H-pyrrole nitrogens is 1. The van der Waals surface area contributed by atoms with E-state index in [1.165, 1.54) is 6.07 Å². The zero-order valence-corrected chi connectivity index (χ0v) is 18.1. The highest BCUT2D eigenvalue weighted by Crippen LogP contribution is 2.32. The summed E-state index contributed by atoms with van der Waals surface area (Å²) in [4.78, 5) is 29.0. The second-order valence-corrected chi connectivity index (χ2v) is 7.36. The first-order valence-corrected chi connectivity index (χ1v) is 10.2. The summed E-state index contributed by atoms with van der Waals surface area (Å²) in [5.74, 6) is 0.310. The molecule has 1 amide bonds. The van der Waals surface area contributed by atoms with Crippen molar-refractivity contribution in [3.05, 3.63) is 89.4 Å². The molecule has 0 fully saturated rings. The molecule has 0 spiro atoms. The van der Waals surface area contributed by atoms with Crippen LogP contribution in [0.3, 0.4) is 0 Å². The highest BCUT2D eigenvalue weighted by molar-refractivity contribution is 6.04. The molecule has 0 aliphatic rings. The lowest BCUT2D eigenvalue weighted by Crippen LogP contribution is -2.14. The Bertz CT molecular complexity index is 1380. The minimum Gasteiger partial charge on any atom is -0.338 e. The Kier molecular flexibility index (Phi) is 6.17. The van der Waals surface area contributed by atoms with Gasteiger partial charge in [-0.25, -0.2) is 14.4 Å². The van der Waals surface area contributed by atoms with Crippen LogP contribution in [0.1, 0.15) is 27.4 Å². The van der Waals surface area contributed by atoms with E-state index >= 15 is 0 Å². The number of imidazole rings is 1. The summed E-state index contributed by atoms with van der Waals surface area (Å²) in [5.41, 5.74) is 4.37. The number of nitrogens with zero attached hydrogens (tertiary/aromatic N) is 3. The van der Waals surface area contributed by atoms with Gasteiger partial charge >= 0.3 is 0 Å². The second kappa shape index (κ2) is 9.35. The molecule has 1 aromatic carbocycles. The quantitative estimate of drug-likeness (QED) is 0.358. The average Bonchev–Trinajstić information content (AvgIpc) is 3.24. The fraction of sp³-hybridized carbons (Fsp3) is 0.0800. The lowest BCUT2D eigenvalue weighted by molar-refractivity contribution is 0.102. The number of aromatic amines is 1. The standard InChI is InChI=1S/C25H21FN6O/c1-15-13-17(7-8-20(15)26)23-24(31-21(30-23)6-3-10-27)18-9-12-29-22(14-18)32-25(33)19-5-4-11-28-16(19)2/h3-14,27H,1-2H3,(H,30,31)(H,29,32,33)/b6-3-,27-10?. The van der Waals surface area contributed by atoms with Crippen molar-refractivity contribution in [3.63, 3.8) is 0 Å². The maximum absolute atomic E-state index is 13.8. The monoisotopic (exact) mass is 440 g/mol. The molecule has 0 atom stereocenters. The molecule has 0 radical (unpaired) electrons. The predicted octanol–water partition coefficient (Wildman–Crippen LogP) is 5.20. The number of benzene rings is 1. The summed E-state index contributed by atoms with van der Waals surface area (Å²) in [6.07, 6.45) is 7.60. The van der Waals surface area contributed by atoms with Gasteiger partial charge in [0.05, 0.1) is 17.0 Å². The molecule has 7 nitrogen and oxygen atoms in total. The SMILES string of the molecule is Cc1cc(-c2nc(/C=C\C=N)[nH]c2-c2ccnc(NC(=O)c3cccnc3C)c2)ccc1F. The molecule has 0 aliphatic heterocycles. The maximum atomic E-state index is 13.8. The molecule has 0 saturated carbocycles. The van der Waals surface area contributed by atoms with Crippen molar-refractivity contribution in [3.8, 4) is 22.5 Å². The van der Waals surface area contributed by atoms with Gasteiger partial charge in [0.1, 0.15) is 17.5 Å². The molecule has 3 heterocycles. The molecule has 164 valence electrons. The van der Waals surface area contributed by atoms with Crippen molar-refractivity contribution in [1.29, 1.82) is 5.41 Å². The summed E-state index contributed by atoms with van der Waals surface area (Å²) in [5, 5.41) is 10.0. The Morgan fingerprint density at radius 2 is 1.94 bits per heavy atom. The van der Waals surface area contributed by atoms with Crippen molar-refractivity contribution >= 4 is 24.0 Å². The average molecular weight is 440 g/mol. The normalized spacial score (nSPS) is 11.0. The fourth-order valence-electron chi connectivity index (χ4n) is 3.38. The second-order valence-electron chi connectivity index (χ2n) is 7.36. The van der Waals surface area contributed by atoms with Crippen molar-refractivity contribution in [2.75, 3.05) is 5.32 Å². The van der Waals surface area contributed by atoms with E-state index in [2.05, 4.69) is 25.3 Å². The van der Waals surface area contributed by atoms with E-state index in [1.54, 1.807) is 74.8 Å². The minimum atomic E-state index is -0.307. The Morgan fingerprint density at radius 1 is 1.09 bits per heavy atom. The van der Waals surface area contributed by atoms with Crippen LogP contribution in [0.2, 0.25) is 0 Å². The van der Waals surface area contributed by atoms with Crippen LogP contribution in [0.25, 0.3) is 28.6 Å². The van der Waals surface area contributed by atoms with Crippen LogP contribution in [-0.4, -0.2) is 32.1 Å². The first-order chi connectivity index (χ1) is 16.0. The van der Waals surface area contributed by atoms with E-state index in [4.69, 9.17) is 5.41 Å². The molecule has 0 bridgehead atoms. The van der Waals surface area contributed by atoms with Crippen molar-refractivity contribution in [1.82, 2.24) is 19.9 Å². The molecule has 0 aliphatic carbocycles.